The molecule has 1 fully saturated rings. The third-order valence-corrected chi connectivity index (χ3v) is 5.11. The molecule has 21 heavy (non-hydrogen) atoms. The van der Waals surface area contributed by atoms with E-state index in [0.29, 0.717) is 18.5 Å². The van der Waals surface area contributed by atoms with Gasteiger partial charge in [0.15, 0.2) is 0 Å². The van der Waals surface area contributed by atoms with Crippen LogP contribution in [0, 0.1) is 0 Å². The Bertz CT molecular complexity index is 436. The van der Waals surface area contributed by atoms with Gasteiger partial charge in [-0.15, -0.1) is 11.3 Å². The molecule has 2 N–H and O–H groups in total. The molecule has 0 spiro atoms. The number of nitrogens with zero attached hydrogens (tertiary/aromatic N) is 1. The molecule has 0 unspecified atom stereocenters. The second kappa shape index (κ2) is 8.37. The fourth-order valence-corrected chi connectivity index (χ4v) is 3.54. The van der Waals surface area contributed by atoms with Crippen molar-refractivity contribution in [3.8, 4) is 0 Å². The summed E-state index contributed by atoms with van der Waals surface area (Å²) >= 11 is 1.71. The molecule has 0 atom stereocenters. The third-order valence-electron chi connectivity index (χ3n) is 3.92. The summed E-state index contributed by atoms with van der Waals surface area (Å²) in [6, 6.07) is 0.334. The SMILES string of the molecule is CC(C)c1nc(CCNC(=O)NC2CCCCCC2)cs1. The van der Waals surface area contributed by atoms with Gasteiger partial charge in [-0.1, -0.05) is 39.5 Å². The van der Waals surface area contributed by atoms with Crippen LogP contribution in [0.25, 0.3) is 0 Å². The van der Waals surface area contributed by atoms with Gasteiger partial charge >= 0.3 is 6.03 Å². The molecule has 1 heterocycles. The largest absolute Gasteiger partial charge is 0.338 e. The number of carbonyl (C=O) groups is 1. The van der Waals surface area contributed by atoms with Crippen molar-refractivity contribution in [1.29, 1.82) is 0 Å². The fraction of sp³-hybridized carbons (Fsp3) is 0.750. The first-order chi connectivity index (χ1) is 10.1. The fourth-order valence-electron chi connectivity index (χ4n) is 2.67. The molecule has 0 aliphatic heterocycles. The van der Waals surface area contributed by atoms with Crippen LogP contribution in [0.1, 0.15) is 69.0 Å². The first-order valence-corrected chi connectivity index (χ1v) is 9.02. The zero-order valence-corrected chi connectivity index (χ0v) is 14.0. The first kappa shape index (κ1) is 16.3. The highest BCUT2D eigenvalue weighted by Crippen LogP contribution is 2.19. The van der Waals surface area contributed by atoms with Crippen LogP contribution >= 0.6 is 11.3 Å². The Morgan fingerprint density at radius 3 is 2.67 bits per heavy atom. The smallest absolute Gasteiger partial charge is 0.315 e. The van der Waals surface area contributed by atoms with Crippen molar-refractivity contribution in [3.05, 3.63) is 16.1 Å². The van der Waals surface area contributed by atoms with E-state index in [1.54, 1.807) is 11.3 Å². The quantitative estimate of drug-likeness (QED) is 0.812. The Labute approximate surface area is 131 Å². The number of rotatable bonds is 5. The van der Waals surface area contributed by atoms with Crippen LogP contribution in [0.5, 0.6) is 0 Å². The van der Waals surface area contributed by atoms with E-state index in [1.807, 2.05) is 0 Å². The van der Waals surface area contributed by atoms with Crippen molar-refractivity contribution >= 4 is 17.4 Å². The van der Waals surface area contributed by atoms with Gasteiger partial charge in [0.25, 0.3) is 0 Å². The maximum Gasteiger partial charge on any atom is 0.315 e. The predicted molar refractivity (Wildman–Crippen MR) is 87.9 cm³/mol. The second-order valence-corrected chi connectivity index (χ2v) is 7.06. The molecule has 0 radical (unpaired) electrons. The number of urea groups is 1. The molecule has 5 heteroatoms. The molecule has 0 aromatic carbocycles. The van der Waals surface area contributed by atoms with E-state index in [9.17, 15) is 4.79 Å². The molecule has 1 aromatic rings. The summed E-state index contributed by atoms with van der Waals surface area (Å²) in [6.07, 6.45) is 8.14. The molecule has 1 aliphatic rings. The summed E-state index contributed by atoms with van der Waals surface area (Å²) in [4.78, 5) is 16.5. The topological polar surface area (TPSA) is 54.0 Å². The van der Waals surface area contributed by atoms with E-state index < -0.39 is 0 Å². The minimum absolute atomic E-state index is 0.0267. The zero-order valence-electron chi connectivity index (χ0n) is 13.2. The van der Waals surface area contributed by atoms with Crippen LogP contribution < -0.4 is 10.6 Å². The van der Waals surface area contributed by atoms with Gasteiger partial charge in [0, 0.05) is 30.3 Å². The van der Waals surface area contributed by atoms with Crippen molar-refractivity contribution in [2.24, 2.45) is 0 Å². The summed E-state index contributed by atoms with van der Waals surface area (Å²) < 4.78 is 0. The van der Waals surface area contributed by atoms with E-state index in [1.165, 1.54) is 30.7 Å². The van der Waals surface area contributed by atoms with Gasteiger partial charge in [-0.3, -0.25) is 0 Å². The number of thiazole rings is 1. The van der Waals surface area contributed by atoms with Crippen molar-refractivity contribution in [1.82, 2.24) is 15.6 Å². The highest BCUT2D eigenvalue weighted by molar-refractivity contribution is 7.09. The molecular formula is C16H27N3OS. The number of amides is 2. The summed E-state index contributed by atoms with van der Waals surface area (Å²) in [5, 5.41) is 9.32. The Kier molecular flexibility index (Phi) is 6.49. The van der Waals surface area contributed by atoms with E-state index in [-0.39, 0.29) is 6.03 Å². The average molecular weight is 309 g/mol. The van der Waals surface area contributed by atoms with Gasteiger partial charge in [-0.25, -0.2) is 9.78 Å². The molecule has 1 aliphatic carbocycles. The minimum Gasteiger partial charge on any atom is -0.338 e. The van der Waals surface area contributed by atoms with Crippen LogP contribution in [0.3, 0.4) is 0 Å². The summed E-state index contributed by atoms with van der Waals surface area (Å²) in [7, 11) is 0. The maximum absolute atomic E-state index is 11.9. The van der Waals surface area contributed by atoms with E-state index in [4.69, 9.17) is 0 Å². The van der Waals surface area contributed by atoms with Gasteiger partial charge in [-0.2, -0.15) is 0 Å². The molecule has 0 bridgehead atoms. The third kappa shape index (κ3) is 5.65. The molecule has 4 nitrogen and oxygen atoms in total. The Hall–Kier alpha value is -1.10. The number of hydrogen-bond donors (Lipinski definition) is 2. The zero-order chi connectivity index (χ0) is 15.1. The molecule has 1 aromatic heterocycles. The van der Waals surface area contributed by atoms with Crippen LogP contribution in [-0.4, -0.2) is 23.6 Å². The molecular weight excluding hydrogens is 282 g/mol. The molecule has 118 valence electrons. The highest BCUT2D eigenvalue weighted by atomic mass is 32.1. The summed E-state index contributed by atoms with van der Waals surface area (Å²) in [5.74, 6) is 0.482. The van der Waals surface area contributed by atoms with E-state index in [2.05, 4.69) is 34.8 Å². The monoisotopic (exact) mass is 309 g/mol. The number of carbonyl (C=O) groups excluding carboxylic acids is 1. The van der Waals surface area contributed by atoms with Crippen LogP contribution in [0.2, 0.25) is 0 Å². The van der Waals surface area contributed by atoms with Crippen LogP contribution in [0.4, 0.5) is 4.79 Å². The Balaban J connectivity index is 1.66. The van der Waals surface area contributed by atoms with E-state index >= 15 is 0 Å². The minimum atomic E-state index is -0.0267. The lowest BCUT2D eigenvalue weighted by Crippen LogP contribution is -2.42. The first-order valence-electron chi connectivity index (χ1n) is 8.14. The number of aromatic nitrogens is 1. The van der Waals surface area contributed by atoms with E-state index in [0.717, 1.165) is 25.0 Å². The number of nitrogens with one attached hydrogen (secondary N) is 2. The second-order valence-electron chi connectivity index (χ2n) is 6.17. The lowest BCUT2D eigenvalue weighted by Gasteiger charge is -2.16. The van der Waals surface area contributed by atoms with Gasteiger partial charge in [0.1, 0.15) is 0 Å². The summed E-state index contributed by atoms with van der Waals surface area (Å²) in [6.45, 7) is 4.96. The lowest BCUT2D eigenvalue weighted by molar-refractivity contribution is 0.235. The Morgan fingerprint density at radius 2 is 2.05 bits per heavy atom. The molecule has 0 saturated heterocycles. The standard InChI is InChI=1S/C16H27N3OS/c1-12(2)15-18-14(11-21-15)9-10-17-16(20)19-13-7-5-3-4-6-8-13/h11-13H,3-10H2,1-2H3,(H2,17,19,20). The molecule has 2 amide bonds. The predicted octanol–water partition coefficient (Wildman–Crippen LogP) is 3.83. The highest BCUT2D eigenvalue weighted by Gasteiger charge is 2.14. The van der Waals surface area contributed by atoms with Crippen molar-refractivity contribution < 1.29 is 4.79 Å². The summed E-state index contributed by atoms with van der Waals surface area (Å²) in [5.41, 5.74) is 1.08. The molecule has 2 rings (SSSR count). The van der Waals surface area contributed by atoms with Gasteiger partial charge < -0.3 is 10.6 Å². The van der Waals surface area contributed by atoms with Crippen molar-refractivity contribution in [3.63, 3.8) is 0 Å². The Morgan fingerprint density at radius 1 is 1.33 bits per heavy atom. The maximum atomic E-state index is 11.9. The van der Waals surface area contributed by atoms with Gasteiger partial charge in [0.2, 0.25) is 0 Å². The van der Waals surface area contributed by atoms with Crippen molar-refractivity contribution in [2.45, 2.75) is 70.8 Å². The normalized spacial score (nSPS) is 16.7. The van der Waals surface area contributed by atoms with Gasteiger partial charge in [-0.05, 0) is 12.8 Å². The molecule has 1 saturated carbocycles. The number of hydrogen-bond acceptors (Lipinski definition) is 3. The lowest BCUT2D eigenvalue weighted by atomic mass is 10.1. The van der Waals surface area contributed by atoms with Crippen molar-refractivity contribution in [2.75, 3.05) is 6.54 Å². The average Bonchev–Trinajstić information content (AvgIpc) is 2.77. The van der Waals surface area contributed by atoms with Gasteiger partial charge in [0.05, 0.1) is 10.7 Å². The van der Waals surface area contributed by atoms with Crippen LogP contribution in [0.15, 0.2) is 5.38 Å². The van der Waals surface area contributed by atoms with Crippen LogP contribution in [-0.2, 0) is 6.42 Å².